The van der Waals surface area contributed by atoms with Crippen LogP contribution in [0.25, 0.3) is 0 Å². The van der Waals surface area contributed by atoms with Crippen LogP contribution in [0, 0.1) is 5.41 Å². The standard InChI is InChI=1S/C13H26N2O2/c1-4-13(12(16)17)7-8-15(11-13)10-9-14(5-2)6-3/h4-11H2,1-3H3,(H,16,17). The van der Waals surface area contributed by atoms with E-state index in [9.17, 15) is 9.90 Å². The van der Waals surface area contributed by atoms with Crippen LogP contribution in [0.1, 0.15) is 33.6 Å². The molecule has 1 N–H and O–H groups in total. The molecule has 0 aromatic heterocycles. The van der Waals surface area contributed by atoms with Crippen molar-refractivity contribution >= 4 is 5.97 Å². The number of likely N-dealkylation sites (N-methyl/N-ethyl adjacent to an activating group) is 1. The van der Waals surface area contributed by atoms with Gasteiger partial charge in [-0.3, -0.25) is 4.79 Å². The molecule has 1 aliphatic rings. The molecule has 1 atom stereocenters. The second-order valence-electron chi connectivity index (χ2n) is 4.99. The van der Waals surface area contributed by atoms with Gasteiger partial charge in [-0.1, -0.05) is 20.8 Å². The fraction of sp³-hybridized carbons (Fsp3) is 0.923. The van der Waals surface area contributed by atoms with Gasteiger partial charge in [0.25, 0.3) is 0 Å². The molecule has 1 aliphatic heterocycles. The molecule has 0 aromatic carbocycles. The Hall–Kier alpha value is -0.610. The van der Waals surface area contributed by atoms with Crippen molar-refractivity contribution in [2.24, 2.45) is 5.41 Å². The minimum Gasteiger partial charge on any atom is -0.481 e. The third-order valence-electron chi connectivity index (χ3n) is 4.19. The number of hydrogen-bond acceptors (Lipinski definition) is 3. The lowest BCUT2D eigenvalue weighted by Crippen LogP contribution is -2.37. The zero-order chi connectivity index (χ0) is 12.9. The Kier molecular flexibility index (Phi) is 5.40. The minimum atomic E-state index is -0.620. The Balaban J connectivity index is 2.42. The lowest BCUT2D eigenvalue weighted by Gasteiger charge is -2.25. The topological polar surface area (TPSA) is 43.8 Å². The van der Waals surface area contributed by atoms with Crippen LogP contribution in [-0.4, -0.2) is 60.1 Å². The van der Waals surface area contributed by atoms with Gasteiger partial charge in [-0.05, 0) is 32.5 Å². The predicted octanol–water partition coefficient (Wildman–Crippen LogP) is 1.51. The van der Waals surface area contributed by atoms with Crippen LogP contribution < -0.4 is 0 Å². The molecule has 0 aliphatic carbocycles. The van der Waals surface area contributed by atoms with Crippen LogP contribution >= 0.6 is 0 Å². The lowest BCUT2D eigenvalue weighted by atomic mass is 9.84. The second-order valence-corrected chi connectivity index (χ2v) is 4.99. The van der Waals surface area contributed by atoms with Gasteiger partial charge >= 0.3 is 5.97 Å². The summed E-state index contributed by atoms with van der Waals surface area (Å²) >= 11 is 0. The number of aliphatic carboxylic acids is 1. The summed E-state index contributed by atoms with van der Waals surface area (Å²) in [5, 5.41) is 9.31. The maximum atomic E-state index is 11.3. The highest BCUT2D eigenvalue weighted by Gasteiger charge is 2.42. The van der Waals surface area contributed by atoms with E-state index in [0.717, 1.165) is 52.1 Å². The van der Waals surface area contributed by atoms with E-state index >= 15 is 0 Å². The Labute approximate surface area is 105 Å². The molecule has 17 heavy (non-hydrogen) atoms. The van der Waals surface area contributed by atoms with Gasteiger partial charge in [0.2, 0.25) is 0 Å². The second kappa shape index (κ2) is 6.36. The van der Waals surface area contributed by atoms with Gasteiger partial charge in [-0.25, -0.2) is 0 Å². The minimum absolute atomic E-state index is 0.483. The highest BCUT2D eigenvalue weighted by molar-refractivity contribution is 5.75. The molecule has 0 spiro atoms. The first kappa shape index (κ1) is 14.5. The Morgan fingerprint density at radius 3 is 2.41 bits per heavy atom. The molecular formula is C13H26N2O2. The van der Waals surface area contributed by atoms with Gasteiger partial charge in [0.15, 0.2) is 0 Å². The van der Waals surface area contributed by atoms with Crippen molar-refractivity contribution in [3.8, 4) is 0 Å². The Bertz CT molecular complexity index is 254. The quantitative estimate of drug-likeness (QED) is 0.735. The van der Waals surface area contributed by atoms with Crippen molar-refractivity contribution in [3.63, 3.8) is 0 Å². The molecule has 0 radical (unpaired) electrons. The van der Waals surface area contributed by atoms with Crippen molar-refractivity contribution in [1.82, 2.24) is 9.80 Å². The van der Waals surface area contributed by atoms with E-state index in [2.05, 4.69) is 23.6 Å². The predicted molar refractivity (Wildman–Crippen MR) is 69.2 cm³/mol. The summed E-state index contributed by atoms with van der Waals surface area (Å²) in [4.78, 5) is 16.0. The molecule has 1 rings (SSSR count). The van der Waals surface area contributed by atoms with E-state index in [1.54, 1.807) is 0 Å². The molecular weight excluding hydrogens is 216 g/mol. The largest absolute Gasteiger partial charge is 0.481 e. The van der Waals surface area contributed by atoms with Gasteiger partial charge < -0.3 is 14.9 Å². The van der Waals surface area contributed by atoms with Gasteiger partial charge in [-0.2, -0.15) is 0 Å². The Morgan fingerprint density at radius 1 is 1.35 bits per heavy atom. The third kappa shape index (κ3) is 3.42. The molecule has 0 amide bonds. The molecule has 1 heterocycles. The number of carboxylic acid groups (broad SMARTS) is 1. The van der Waals surface area contributed by atoms with Crippen molar-refractivity contribution in [2.45, 2.75) is 33.6 Å². The summed E-state index contributed by atoms with van der Waals surface area (Å²) in [6.07, 6.45) is 1.54. The number of hydrogen-bond donors (Lipinski definition) is 1. The summed E-state index contributed by atoms with van der Waals surface area (Å²) in [5.41, 5.74) is -0.483. The monoisotopic (exact) mass is 242 g/mol. The zero-order valence-corrected chi connectivity index (χ0v) is 11.4. The molecule has 1 saturated heterocycles. The zero-order valence-electron chi connectivity index (χ0n) is 11.4. The van der Waals surface area contributed by atoms with Crippen LogP contribution in [-0.2, 0) is 4.79 Å². The van der Waals surface area contributed by atoms with Crippen LogP contribution in [0.3, 0.4) is 0 Å². The van der Waals surface area contributed by atoms with E-state index in [0.29, 0.717) is 0 Å². The van der Waals surface area contributed by atoms with Crippen molar-refractivity contribution in [2.75, 3.05) is 39.3 Å². The van der Waals surface area contributed by atoms with Crippen molar-refractivity contribution < 1.29 is 9.90 Å². The van der Waals surface area contributed by atoms with E-state index < -0.39 is 11.4 Å². The van der Waals surface area contributed by atoms with Crippen molar-refractivity contribution in [3.05, 3.63) is 0 Å². The molecule has 4 heteroatoms. The number of carbonyl (C=O) groups is 1. The fourth-order valence-electron chi connectivity index (χ4n) is 2.59. The summed E-state index contributed by atoms with van der Waals surface area (Å²) in [6, 6.07) is 0. The highest BCUT2D eigenvalue weighted by atomic mass is 16.4. The number of nitrogens with zero attached hydrogens (tertiary/aromatic N) is 2. The normalized spacial score (nSPS) is 25.6. The summed E-state index contributed by atoms with van der Waals surface area (Å²) in [5.74, 6) is -0.620. The average Bonchev–Trinajstić information content (AvgIpc) is 2.75. The van der Waals surface area contributed by atoms with Gasteiger partial charge in [-0.15, -0.1) is 0 Å². The van der Waals surface area contributed by atoms with Gasteiger partial charge in [0.05, 0.1) is 5.41 Å². The maximum absolute atomic E-state index is 11.3. The number of likely N-dealkylation sites (tertiary alicyclic amines) is 1. The lowest BCUT2D eigenvalue weighted by molar-refractivity contribution is -0.148. The summed E-state index contributed by atoms with van der Waals surface area (Å²) < 4.78 is 0. The van der Waals surface area contributed by atoms with E-state index in [1.807, 2.05) is 6.92 Å². The van der Waals surface area contributed by atoms with Crippen LogP contribution in [0.2, 0.25) is 0 Å². The van der Waals surface area contributed by atoms with E-state index in [1.165, 1.54) is 0 Å². The molecule has 4 nitrogen and oxygen atoms in total. The first-order valence-electron chi connectivity index (χ1n) is 6.76. The fourth-order valence-corrected chi connectivity index (χ4v) is 2.59. The molecule has 1 fully saturated rings. The molecule has 0 aromatic rings. The highest BCUT2D eigenvalue weighted by Crippen LogP contribution is 2.33. The summed E-state index contributed by atoms with van der Waals surface area (Å²) in [6.45, 7) is 12.2. The van der Waals surface area contributed by atoms with Crippen LogP contribution in [0.5, 0.6) is 0 Å². The number of rotatable bonds is 7. The molecule has 0 saturated carbocycles. The van der Waals surface area contributed by atoms with E-state index in [4.69, 9.17) is 0 Å². The molecule has 0 bridgehead atoms. The summed E-state index contributed by atoms with van der Waals surface area (Å²) in [7, 11) is 0. The first-order valence-corrected chi connectivity index (χ1v) is 6.76. The van der Waals surface area contributed by atoms with Gasteiger partial charge in [0, 0.05) is 19.6 Å². The van der Waals surface area contributed by atoms with Crippen molar-refractivity contribution in [1.29, 1.82) is 0 Å². The first-order chi connectivity index (χ1) is 8.07. The molecule has 100 valence electrons. The average molecular weight is 242 g/mol. The smallest absolute Gasteiger partial charge is 0.310 e. The maximum Gasteiger partial charge on any atom is 0.310 e. The third-order valence-corrected chi connectivity index (χ3v) is 4.19. The Morgan fingerprint density at radius 2 is 2.00 bits per heavy atom. The number of carboxylic acids is 1. The van der Waals surface area contributed by atoms with Gasteiger partial charge in [0.1, 0.15) is 0 Å². The van der Waals surface area contributed by atoms with E-state index in [-0.39, 0.29) is 0 Å². The SMILES string of the molecule is CCN(CC)CCN1CCC(CC)(C(=O)O)C1. The van der Waals surface area contributed by atoms with Crippen LogP contribution in [0.15, 0.2) is 0 Å². The molecule has 1 unspecified atom stereocenters. The van der Waals surface area contributed by atoms with Crippen LogP contribution in [0.4, 0.5) is 0 Å².